The minimum Gasteiger partial charge on any atom is -0.467 e. The number of carbonyl (C=O) groups is 3. The van der Waals surface area contributed by atoms with Crippen LogP contribution in [0.3, 0.4) is 0 Å². The van der Waals surface area contributed by atoms with E-state index >= 15 is 0 Å². The van der Waals surface area contributed by atoms with E-state index in [4.69, 9.17) is 13.9 Å². The number of hydrogen-bond donors (Lipinski definition) is 2. The van der Waals surface area contributed by atoms with Crippen LogP contribution in [0, 0.1) is 6.92 Å². The van der Waals surface area contributed by atoms with E-state index in [1.807, 2.05) is 13.8 Å². The molecule has 3 rings (SSSR count). The number of carbonyl (C=O) groups excluding carboxylic acids is 3. The van der Waals surface area contributed by atoms with E-state index in [-0.39, 0.29) is 24.5 Å². The number of esters is 2. The molecule has 0 fully saturated rings. The summed E-state index contributed by atoms with van der Waals surface area (Å²) < 4.78 is 15.9. The summed E-state index contributed by atoms with van der Waals surface area (Å²) in [6, 6.07) is 3.71. The van der Waals surface area contributed by atoms with Gasteiger partial charge in [-0.15, -0.1) is 11.3 Å². The Hall–Kier alpha value is -3.07. The predicted octanol–water partition coefficient (Wildman–Crippen LogP) is 3.24. The Morgan fingerprint density at radius 2 is 2.03 bits per heavy atom. The molecule has 3 heterocycles. The number of amides is 2. The van der Waals surface area contributed by atoms with Crippen LogP contribution in [-0.2, 0) is 20.7 Å². The summed E-state index contributed by atoms with van der Waals surface area (Å²) in [5, 5.41) is 5.18. The Balaban J connectivity index is 1.87. The highest BCUT2D eigenvalue weighted by molar-refractivity contribution is 7.14. The molecule has 0 radical (unpaired) electrons. The number of hydrogen-bond acceptors (Lipinski definition) is 7. The molecule has 0 spiro atoms. The molecule has 29 heavy (non-hydrogen) atoms. The van der Waals surface area contributed by atoms with Crippen molar-refractivity contribution in [2.45, 2.75) is 33.2 Å². The van der Waals surface area contributed by atoms with Crippen molar-refractivity contribution in [1.82, 2.24) is 10.6 Å². The number of nitrogens with one attached hydrogen (secondary N) is 2. The second kappa shape index (κ2) is 8.95. The van der Waals surface area contributed by atoms with Gasteiger partial charge in [0.15, 0.2) is 0 Å². The largest absolute Gasteiger partial charge is 0.467 e. The number of urea groups is 1. The Morgan fingerprint density at radius 1 is 1.24 bits per heavy atom. The van der Waals surface area contributed by atoms with Crippen molar-refractivity contribution in [3.05, 3.63) is 56.8 Å². The van der Waals surface area contributed by atoms with Gasteiger partial charge < -0.3 is 24.5 Å². The third-order valence-electron chi connectivity index (χ3n) is 4.43. The van der Waals surface area contributed by atoms with Crippen LogP contribution in [0.15, 0.2) is 40.1 Å². The summed E-state index contributed by atoms with van der Waals surface area (Å²) in [5.74, 6) is -0.781. The number of furan rings is 1. The Labute approximate surface area is 171 Å². The van der Waals surface area contributed by atoms with E-state index < -0.39 is 24.0 Å². The Morgan fingerprint density at radius 3 is 2.66 bits per heavy atom. The number of thiophene rings is 1. The third-order valence-corrected chi connectivity index (χ3v) is 5.50. The Kier molecular flexibility index (Phi) is 6.38. The molecule has 2 aromatic heterocycles. The van der Waals surface area contributed by atoms with Gasteiger partial charge in [-0.25, -0.2) is 14.4 Å². The molecule has 0 saturated carbocycles. The van der Waals surface area contributed by atoms with Crippen molar-refractivity contribution < 1.29 is 28.3 Å². The minimum absolute atomic E-state index is 0.130. The zero-order valence-electron chi connectivity index (χ0n) is 16.4. The maximum Gasteiger partial charge on any atom is 0.348 e. The molecule has 0 aromatic carbocycles. The molecule has 0 bridgehead atoms. The Bertz CT molecular complexity index is 944. The van der Waals surface area contributed by atoms with E-state index in [0.29, 0.717) is 10.6 Å². The molecule has 9 heteroatoms. The summed E-state index contributed by atoms with van der Waals surface area (Å²) in [5.41, 5.74) is 1.37. The molecule has 0 aliphatic carbocycles. The summed E-state index contributed by atoms with van der Waals surface area (Å²) in [4.78, 5) is 38.7. The number of ether oxygens (including phenoxy) is 2. The van der Waals surface area contributed by atoms with Crippen LogP contribution in [0.5, 0.6) is 0 Å². The lowest BCUT2D eigenvalue weighted by Gasteiger charge is -2.27. The lowest BCUT2D eigenvalue weighted by molar-refractivity contribution is -0.139. The van der Waals surface area contributed by atoms with E-state index in [1.54, 1.807) is 25.1 Å². The lowest BCUT2D eigenvalue weighted by atomic mass is 10.0. The molecule has 2 aromatic rings. The molecular formula is C20H22N2O6S. The summed E-state index contributed by atoms with van der Waals surface area (Å²) in [6.07, 6.45) is 2.26. The molecule has 1 unspecified atom stereocenters. The first-order valence-corrected chi connectivity index (χ1v) is 10.0. The first-order valence-electron chi connectivity index (χ1n) is 9.22. The molecular weight excluding hydrogens is 396 g/mol. The topological polar surface area (TPSA) is 107 Å². The van der Waals surface area contributed by atoms with Gasteiger partial charge in [0.25, 0.3) is 0 Å². The molecule has 2 amide bonds. The lowest BCUT2D eigenvalue weighted by Crippen LogP contribution is -2.47. The second-order valence-electron chi connectivity index (χ2n) is 6.28. The van der Waals surface area contributed by atoms with Crippen LogP contribution >= 0.6 is 11.3 Å². The molecule has 2 N–H and O–H groups in total. The van der Waals surface area contributed by atoms with Gasteiger partial charge >= 0.3 is 18.0 Å². The fraction of sp³-hybridized carbons (Fsp3) is 0.350. The SMILES string of the molecule is CCOC(=O)C1=C(COC(=O)c2cc(CC)c(C)s2)NC(=O)NC1c1ccco1. The molecule has 1 aliphatic heterocycles. The molecule has 1 aliphatic rings. The van der Waals surface area contributed by atoms with Crippen molar-refractivity contribution in [3.63, 3.8) is 0 Å². The maximum atomic E-state index is 12.6. The van der Waals surface area contributed by atoms with Crippen molar-refractivity contribution in [1.29, 1.82) is 0 Å². The van der Waals surface area contributed by atoms with Crippen molar-refractivity contribution in [2.75, 3.05) is 13.2 Å². The van der Waals surface area contributed by atoms with Gasteiger partial charge in [-0.1, -0.05) is 6.92 Å². The first kappa shape index (κ1) is 20.7. The number of rotatable bonds is 7. The van der Waals surface area contributed by atoms with Gasteiger partial charge in [-0.05, 0) is 44.0 Å². The van der Waals surface area contributed by atoms with Crippen LogP contribution in [-0.4, -0.2) is 31.2 Å². The van der Waals surface area contributed by atoms with E-state index in [1.165, 1.54) is 17.6 Å². The van der Waals surface area contributed by atoms with Gasteiger partial charge in [0.1, 0.15) is 23.3 Å². The fourth-order valence-corrected chi connectivity index (χ4v) is 4.04. The van der Waals surface area contributed by atoms with Crippen molar-refractivity contribution >= 4 is 29.3 Å². The summed E-state index contributed by atoms with van der Waals surface area (Å²) >= 11 is 1.35. The second-order valence-corrected chi connectivity index (χ2v) is 7.54. The van der Waals surface area contributed by atoms with Gasteiger partial charge in [0, 0.05) is 4.88 Å². The highest BCUT2D eigenvalue weighted by atomic mass is 32.1. The van der Waals surface area contributed by atoms with Crippen LogP contribution in [0.25, 0.3) is 0 Å². The third kappa shape index (κ3) is 4.51. The quantitative estimate of drug-likeness (QED) is 0.669. The minimum atomic E-state index is -0.845. The molecule has 1 atom stereocenters. The summed E-state index contributed by atoms with van der Waals surface area (Å²) in [7, 11) is 0. The van der Waals surface area contributed by atoms with Crippen LogP contribution in [0.4, 0.5) is 4.79 Å². The van der Waals surface area contributed by atoms with Gasteiger partial charge in [-0.3, -0.25) is 0 Å². The smallest absolute Gasteiger partial charge is 0.348 e. The average molecular weight is 418 g/mol. The molecule has 154 valence electrons. The molecule has 8 nitrogen and oxygen atoms in total. The highest BCUT2D eigenvalue weighted by Gasteiger charge is 2.35. The van der Waals surface area contributed by atoms with Crippen LogP contribution in [0.2, 0.25) is 0 Å². The summed E-state index contributed by atoms with van der Waals surface area (Å²) in [6.45, 7) is 5.51. The average Bonchev–Trinajstić information content (AvgIpc) is 3.35. The van der Waals surface area contributed by atoms with Crippen molar-refractivity contribution in [3.8, 4) is 0 Å². The van der Waals surface area contributed by atoms with E-state index in [9.17, 15) is 14.4 Å². The van der Waals surface area contributed by atoms with Gasteiger partial charge in [0.2, 0.25) is 0 Å². The van der Waals surface area contributed by atoms with Crippen LogP contribution in [0.1, 0.15) is 45.8 Å². The zero-order chi connectivity index (χ0) is 21.0. The monoisotopic (exact) mass is 418 g/mol. The van der Waals surface area contributed by atoms with Crippen molar-refractivity contribution in [2.24, 2.45) is 0 Å². The normalized spacial score (nSPS) is 16.2. The molecule has 0 saturated heterocycles. The van der Waals surface area contributed by atoms with Gasteiger partial charge in [0.05, 0.1) is 24.1 Å². The zero-order valence-corrected chi connectivity index (χ0v) is 17.2. The number of aryl methyl sites for hydroxylation is 2. The van der Waals surface area contributed by atoms with E-state index in [0.717, 1.165) is 16.9 Å². The van der Waals surface area contributed by atoms with Crippen LogP contribution < -0.4 is 10.6 Å². The first-order chi connectivity index (χ1) is 13.9. The maximum absolute atomic E-state index is 12.6. The van der Waals surface area contributed by atoms with Gasteiger partial charge in [-0.2, -0.15) is 0 Å². The highest BCUT2D eigenvalue weighted by Crippen LogP contribution is 2.29. The predicted molar refractivity (Wildman–Crippen MR) is 105 cm³/mol. The van der Waals surface area contributed by atoms with E-state index in [2.05, 4.69) is 10.6 Å². The fourth-order valence-electron chi connectivity index (χ4n) is 3.03. The standard InChI is InChI=1S/C20H22N2O6S/c1-4-12-9-15(29-11(12)3)18(23)28-10-13-16(19(24)26-5-2)17(22-20(25)21-13)14-7-6-8-27-14/h6-9,17H,4-5,10H2,1-3H3,(H2,21,22,25).